The Balaban J connectivity index is 1.81. The number of hydrogen-bond donors (Lipinski definition) is 1. The maximum Gasteiger partial charge on any atom is 0.338 e. The molecule has 0 aromatic heterocycles. The number of esters is 1. The average Bonchev–Trinajstić information content (AvgIpc) is 3.30. The lowest BCUT2D eigenvalue weighted by molar-refractivity contribution is -0.139. The van der Waals surface area contributed by atoms with Crippen LogP contribution in [0.25, 0.3) is 5.70 Å². The van der Waals surface area contributed by atoms with E-state index < -0.39 is 12.0 Å². The van der Waals surface area contributed by atoms with Crippen molar-refractivity contribution >= 4 is 34.5 Å². The third-order valence-electron chi connectivity index (χ3n) is 6.24. The molecule has 2 aromatic rings. The molecule has 2 heterocycles. The summed E-state index contributed by atoms with van der Waals surface area (Å²) >= 11 is 1.46. The van der Waals surface area contributed by atoms with Gasteiger partial charge in [0, 0.05) is 24.9 Å². The molecule has 4 rings (SSSR count). The first-order valence-electron chi connectivity index (χ1n) is 12.5. The third kappa shape index (κ3) is 5.97. The molecule has 2 aromatic carbocycles. The molecule has 1 atom stereocenters. The zero-order valence-electron chi connectivity index (χ0n) is 21.7. The Morgan fingerprint density at radius 1 is 1.11 bits per heavy atom. The van der Waals surface area contributed by atoms with E-state index in [2.05, 4.69) is 43.4 Å². The van der Waals surface area contributed by atoms with Gasteiger partial charge in [-0.3, -0.25) is 4.79 Å². The van der Waals surface area contributed by atoms with Gasteiger partial charge in [0.05, 0.1) is 36.9 Å². The van der Waals surface area contributed by atoms with Crippen LogP contribution in [0.1, 0.15) is 55.8 Å². The van der Waals surface area contributed by atoms with Crippen LogP contribution < -0.4 is 5.32 Å². The largest absolute Gasteiger partial charge is 0.463 e. The van der Waals surface area contributed by atoms with Crippen molar-refractivity contribution in [1.29, 1.82) is 0 Å². The van der Waals surface area contributed by atoms with E-state index in [1.807, 2.05) is 40.6 Å². The van der Waals surface area contributed by atoms with Gasteiger partial charge in [0.15, 0.2) is 5.17 Å². The molecule has 0 aliphatic carbocycles. The van der Waals surface area contributed by atoms with Gasteiger partial charge in [0.2, 0.25) is 5.91 Å². The van der Waals surface area contributed by atoms with Crippen LogP contribution in [0.2, 0.25) is 0 Å². The van der Waals surface area contributed by atoms with Gasteiger partial charge in [-0.2, -0.15) is 0 Å². The Hall–Kier alpha value is -3.36. The Kier molecular flexibility index (Phi) is 8.84. The van der Waals surface area contributed by atoms with Gasteiger partial charge in [-0.05, 0) is 29.4 Å². The Morgan fingerprint density at radius 3 is 2.49 bits per heavy atom. The summed E-state index contributed by atoms with van der Waals surface area (Å²) in [6.45, 7) is 7.22. The third-order valence-corrected chi connectivity index (χ3v) is 7.13. The minimum absolute atomic E-state index is 0.116. The summed E-state index contributed by atoms with van der Waals surface area (Å²) in [4.78, 5) is 33.2. The van der Waals surface area contributed by atoms with Crippen molar-refractivity contribution in [3.05, 3.63) is 88.0 Å². The highest BCUT2D eigenvalue weighted by Gasteiger charge is 2.42. The van der Waals surface area contributed by atoms with E-state index >= 15 is 0 Å². The zero-order valence-corrected chi connectivity index (χ0v) is 22.5. The molecule has 194 valence electrons. The molecule has 0 radical (unpaired) electrons. The van der Waals surface area contributed by atoms with E-state index in [0.29, 0.717) is 30.3 Å². The number of rotatable bonds is 10. The molecule has 1 amide bonds. The number of benzene rings is 2. The molecule has 0 saturated carbocycles. The first-order chi connectivity index (χ1) is 17.9. The number of nitrogens with zero attached hydrogens (tertiary/aromatic N) is 2. The van der Waals surface area contributed by atoms with Crippen molar-refractivity contribution in [3.8, 4) is 0 Å². The van der Waals surface area contributed by atoms with Crippen LogP contribution in [0.3, 0.4) is 0 Å². The molecule has 37 heavy (non-hydrogen) atoms. The number of nitrogens with one attached hydrogen (secondary N) is 1. The first kappa shape index (κ1) is 26.7. The molecule has 2 aliphatic heterocycles. The van der Waals surface area contributed by atoms with Crippen LogP contribution in [-0.4, -0.2) is 48.8 Å². The fourth-order valence-electron chi connectivity index (χ4n) is 4.39. The van der Waals surface area contributed by atoms with Crippen LogP contribution in [0.15, 0.2) is 76.3 Å². The Morgan fingerprint density at radius 2 is 1.84 bits per heavy atom. The van der Waals surface area contributed by atoms with Crippen molar-refractivity contribution in [2.45, 2.75) is 39.2 Å². The predicted molar refractivity (Wildman–Crippen MR) is 148 cm³/mol. The smallest absolute Gasteiger partial charge is 0.338 e. The Labute approximate surface area is 222 Å². The van der Waals surface area contributed by atoms with Crippen molar-refractivity contribution in [1.82, 2.24) is 10.2 Å². The summed E-state index contributed by atoms with van der Waals surface area (Å²) in [5.41, 5.74) is 4.82. The minimum Gasteiger partial charge on any atom is -0.463 e. The number of ether oxygens (including phenoxy) is 2. The number of thioether (sulfide) groups is 1. The van der Waals surface area contributed by atoms with Crippen molar-refractivity contribution < 1.29 is 19.1 Å². The quantitative estimate of drug-likeness (QED) is 0.342. The standard InChI is InChI=1S/C29H33N3O4S/c1-5-36-28(34)25-26(21-9-7-6-8-10-21)31-29-32(23(18-37-29)17-24(33)30-15-16-35-4)27(25)22-13-11-20(12-14-22)19(2)3/h6-14,18-19,27H,5,15-17H2,1-4H3,(H,30,33). The molecular formula is C29H33N3O4S. The minimum atomic E-state index is -0.490. The molecule has 8 heteroatoms. The van der Waals surface area contributed by atoms with E-state index in [0.717, 1.165) is 22.0 Å². The number of amides is 1. The van der Waals surface area contributed by atoms with E-state index in [1.165, 1.54) is 17.3 Å². The van der Waals surface area contributed by atoms with Crippen LogP contribution >= 0.6 is 11.8 Å². The topological polar surface area (TPSA) is 80.2 Å². The molecule has 0 saturated heterocycles. The average molecular weight is 520 g/mol. The molecule has 1 unspecified atom stereocenters. The van der Waals surface area contributed by atoms with Crippen molar-refractivity contribution in [2.75, 3.05) is 26.9 Å². The maximum atomic E-state index is 13.5. The first-order valence-corrected chi connectivity index (χ1v) is 13.4. The summed E-state index contributed by atoms with van der Waals surface area (Å²) in [5.74, 6) is -0.150. The molecule has 2 aliphatic rings. The second kappa shape index (κ2) is 12.3. The number of amidine groups is 1. The number of carbonyl (C=O) groups excluding carboxylic acids is 2. The number of fused-ring (bicyclic) bond motifs is 1. The van der Waals surface area contributed by atoms with Gasteiger partial charge in [-0.25, -0.2) is 9.79 Å². The number of carbonyl (C=O) groups is 2. The second-order valence-electron chi connectivity index (χ2n) is 9.08. The lowest BCUT2D eigenvalue weighted by Gasteiger charge is -2.37. The summed E-state index contributed by atoms with van der Waals surface area (Å²) in [5, 5.41) is 5.56. The lowest BCUT2D eigenvalue weighted by atomic mass is 9.90. The molecule has 1 N–H and O–H groups in total. The number of methoxy groups -OCH3 is 1. The molecule has 0 spiro atoms. The van der Waals surface area contributed by atoms with Crippen LogP contribution in [0, 0.1) is 0 Å². The molecular weight excluding hydrogens is 486 g/mol. The molecule has 0 fully saturated rings. The van der Waals surface area contributed by atoms with E-state index in [1.54, 1.807) is 14.0 Å². The molecule has 0 bridgehead atoms. The van der Waals surface area contributed by atoms with E-state index in [4.69, 9.17) is 14.5 Å². The van der Waals surface area contributed by atoms with E-state index in [-0.39, 0.29) is 18.9 Å². The SMILES string of the molecule is CCOC(=O)C1=C(c2ccccc2)N=C2SC=C(CC(=O)NCCOC)N2C1c1ccc(C(C)C)cc1. The normalized spacial score (nSPS) is 16.9. The zero-order chi connectivity index (χ0) is 26.4. The Bertz CT molecular complexity index is 1220. The highest BCUT2D eigenvalue weighted by atomic mass is 32.2. The van der Waals surface area contributed by atoms with Crippen LogP contribution in [0.5, 0.6) is 0 Å². The van der Waals surface area contributed by atoms with Crippen molar-refractivity contribution in [3.63, 3.8) is 0 Å². The van der Waals surface area contributed by atoms with Crippen molar-refractivity contribution in [2.24, 2.45) is 4.99 Å². The van der Waals surface area contributed by atoms with Gasteiger partial charge in [-0.15, -0.1) is 0 Å². The van der Waals surface area contributed by atoms with Gasteiger partial charge in [-0.1, -0.05) is 80.2 Å². The van der Waals surface area contributed by atoms with Gasteiger partial charge in [0.1, 0.15) is 0 Å². The highest BCUT2D eigenvalue weighted by Crippen LogP contribution is 2.47. The monoisotopic (exact) mass is 519 g/mol. The number of aliphatic imine (C=N–C) groups is 1. The summed E-state index contributed by atoms with van der Waals surface area (Å²) in [7, 11) is 1.60. The second-order valence-corrected chi connectivity index (χ2v) is 9.92. The van der Waals surface area contributed by atoms with Gasteiger partial charge < -0.3 is 19.7 Å². The van der Waals surface area contributed by atoms with Gasteiger partial charge in [0.25, 0.3) is 0 Å². The molecule has 7 nitrogen and oxygen atoms in total. The predicted octanol–water partition coefficient (Wildman–Crippen LogP) is 5.24. The fourth-order valence-corrected chi connectivity index (χ4v) is 5.31. The highest BCUT2D eigenvalue weighted by molar-refractivity contribution is 8.16. The fraction of sp³-hybridized carbons (Fsp3) is 0.345. The van der Waals surface area contributed by atoms with Crippen LogP contribution in [-0.2, 0) is 19.1 Å². The summed E-state index contributed by atoms with van der Waals surface area (Å²) in [6, 6.07) is 17.5. The van der Waals surface area contributed by atoms with Gasteiger partial charge >= 0.3 is 5.97 Å². The summed E-state index contributed by atoms with van der Waals surface area (Å²) < 4.78 is 10.6. The van der Waals surface area contributed by atoms with E-state index in [9.17, 15) is 9.59 Å². The summed E-state index contributed by atoms with van der Waals surface area (Å²) in [6.07, 6.45) is 0.160. The van der Waals surface area contributed by atoms with Crippen LogP contribution in [0.4, 0.5) is 0 Å². The number of hydrogen-bond acceptors (Lipinski definition) is 7. The lowest BCUT2D eigenvalue weighted by Crippen LogP contribution is -2.38. The maximum absolute atomic E-state index is 13.5.